The van der Waals surface area contributed by atoms with E-state index in [1.165, 1.54) is 4.90 Å². The van der Waals surface area contributed by atoms with Gasteiger partial charge in [-0.15, -0.1) is 0 Å². The molecule has 0 saturated carbocycles. The van der Waals surface area contributed by atoms with Crippen LogP contribution in [-0.2, 0) is 9.59 Å². The number of carboxylic acid groups (broad SMARTS) is 1. The molecule has 1 N–H and O–H groups in total. The van der Waals surface area contributed by atoms with E-state index in [0.29, 0.717) is 54.0 Å². The van der Waals surface area contributed by atoms with Crippen LogP contribution in [0.1, 0.15) is 33.6 Å². The normalized spacial score (nSPS) is 19.3. The van der Waals surface area contributed by atoms with Crippen molar-refractivity contribution in [2.45, 2.75) is 39.7 Å². The van der Waals surface area contributed by atoms with Crippen molar-refractivity contribution in [2.75, 3.05) is 44.2 Å². The number of anilines is 1. The second-order valence-electron chi connectivity index (χ2n) is 12.7. The van der Waals surface area contributed by atoms with E-state index in [2.05, 4.69) is 4.90 Å². The lowest BCUT2D eigenvalue weighted by Crippen LogP contribution is -2.57. The number of nitrogens with zero attached hydrogens (tertiary/aromatic N) is 3. The number of rotatable bonds is 6. The van der Waals surface area contributed by atoms with Crippen molar-refractivity contribution >= 4 is 46.0 Å². The van der Waals surface area contributed by atoms with Gasteiger partial charge in [0.05, 0.1) is 16.1 Å². The van der Waals surface area contributed by atoms with Crippen LogP contribution >= 0.6 is 11.6 Å². The molecule has 0 radical (unpaired) electrons. The van der Waals surface area contributed by atoms with Gasteiger partial charge in [-0.2, -0.15) is 0 Å². The Labute approximate surface area is 255 Å². The highest BCUT2D eigenvalue weighted by molar-refractivity contribution is 6.34. The third-order valence-corrected chi connectivity index (χ3v) is 8.70. The number of hydrogen-bond acceptors (Lipinski definition) is 6. The summed E-state index contributed by atoms with van der Waals surface area (Å²) in [5, 5.41) is 11.5. The Kier molecular flexibility index (Phi) is 7.73. The van der Waals surface area contributed by atoms with Crippen molar-refractivity contribution in [2.24, 2.45) is 11.3 Å². The van der Waals surface area contributed by atoms with E-state index in [9.17, 15) is 19.5 Å². The highest BCUT2D eigenvalue weighted by Crippen LogP contribution is 2.45. The Morgan fingerprint density at radius 1 is 1.02 bits per heavy atom. The zero-order chi connectivity index (χ0) is 30.5. The van der Waals surface area contributed by atoms with E-state index in [-0.39, 0.29) is 17.8 Å². The molecule has 2 fully saturated rings. The van der Waals surface area contributed by atoms with E-state index >= 15 is 0 Å². The van der Waals surface area contributed by atoms with Gasteiger partial charge in [0.25, 0.3) is 5.91 Å². The standard InChI is InChI=1S/C33H36ClN3O6/c1-33(2,3)31(39)42-22-12-21-8-4-5-9-23(21)24(13-22)25-14-28-27(15-26(25)34)37(18-20-16-36(17-20)32(40)41)30(38)29(43-28)19-35-10-6-7-11-35/h4-5,8-9,12-15,20,29H,6-7,10-11,16-19H2,1-3H3,(H,40,41). The summed E-state index contributed by atoms with van der Waals surface area (Å²) in [6.45, 7) is 8.90. The average molecular weight is 606 g/mol. The van der Waals surface area contributed by atoms with Crippen LogP contribution in [0.5, 0.6) is 11.5 Å². The molecule has 2 saturated heterocycles. The van der Waals surface area contributed by atoms with E-state index < -0.39 is 17.6 Å². The maximum atomic E-state index is 13.8. The minimum absolute atomic E-state index is 0.0232. The molecule has 3 aliphatic heterocycles. The fourth-order valence-corrected chi connectivity index (χ4v) is 6.24. The summed E-state index contributed by atoms with van der Waals surface area (Å²) in [6.07, 6.45) is 0.549. The van der Waals surface area contributed by atoms with Crippen molar-refractivity contribution in [1.82, 2.24) is 9.80 Å². The topological polar surface area (TPSA) is 99.6 Å². The summed E-state index contributed by atoms with van der Waals surface area (Å²) in [6, 6.07) is 15.1. The molecule has 2 amide bonds. The van der Waals surface area contributed by atoms with Crippen molar-refractivity contribution in [3.63, 3.8) is 0 Å². The molecule has 1 unspecified atom stereocenters. The number of hydrogen-bond donors (Lipinski definition) is 1. The second kappa shape index (κ2) is 11.4. The highest BCUT2D eigenvalue weighted by Gasteiger charge is 2.40. The van der Waals surface area contributed by atoms with Gasteiger partial charge in [-0.3, -0.25) is 14.5 Å². The van der Waals surface area contributed by atoms with Crippen molar-refractivity contribution < 1.29 is 29.0 Å². The molecule has 0 spiro atoms. The van der Waals surface area contributed by atoms with Gasteiger partial charge in [-0.1, -0.05) is 35.9 Å². The smallest absolute Gasteiger partial charge is 0.407 e. The first-order valence-electron chi connectivity index (χ1n) is 14.7. The number of esters is 1. The van der Waals surface area contributed by atoms with Gasteiger partial charge < -0.3 is 24.4 Å². The monoisotopic (exact) mass is 605 g/mol. The first kappa shape index (κ1) is 29.3. The molecule has 0 bridgehead atoms. The van der Waals surface area contributed by atoms with Crippen molar-refractivity contribution in [3.05, 3.63) is 53.6 Å². The van der Waals surface area contributed by atoms with Crippen LogP contribution in [-0.4, -0.2) is 78.2 Å². The van der Waals surface area contributed by atoms with Crippen LogP contribution in [0, 0.1) is 11.3 Å². The lowest BCUT2D eigenvalue weighted by molar-refractivity contribution is -0.143. The summed E-state index contributed by atoms with van der Waals surface area (Å²) in [4.78, 5) is 43.2. The number of benzene rings is 3. The number of likely N-dealkylation sites (tertiary alicyclic amines) is 2. The average Bonchev–Trinajstić information content (AvgIpc) is 3.44. The second-order valence-corrected chi connectivity index (χ2v) is 13.2. The SMILES string of the molecule is CC(C)(C)C(=O)Oc1cc(-c2cc3c(cc2Cl)N(CC2CN(C(=O)O)C2)C(=O)C(CN2CCCC2)O3)c2ccccc2c1. The van der Waals surface area contributed by atoms with Crippen LogP contribution in [0.25, 0.3) is 21.9 Å². The number of ether oxygens (including phenoxy) is 2. The third kappa shape index (κ3) is 5.88. The number of amides is 2. The van der Waals surface area contributed by atoms with Gasteiger partial charge in [0.1, 0.15) is 11.5 Å². The molecule has 3 aliphatic rings. The van der Waals surface area contributed by atoms with Gasteiger partial charge in [0.15, 0.2) is 6.10 Å². The number of halogens is 1. The zero-order valence-corrected chi connectivity index (χ0v) is 25.4. The third-order valence-electron chi connectivity index (χ3n) is 8.39. The minimum Gasteiger partial charge on any atom is -0.477 e. The lowest BCUT2D eigenvalue weighted by Gasteiger charge is -2.42. The predicted molar refractivity (Wildman–Crippen MR) is 165 cm³/mol. The Hall–Kier alpha value is -3.82. The van der Waals surface area contributed by atoms with E-state index in [4.69, 9.17) is 21.1 Å². The molecular formula is C33H36ClN3O6. The van der Waals surface area contributed by atoms with E-state index in [1.807, 2.05) is 63.2 Å². The maximum absolute atomic E-state index is 13.8. The summed E-state index contributed by atoms with van der Waals surface area (Å²) in [5.41, 5.74) is 1.37. The summed E-state index contributed by atoms with van der Waals surface area (Å²) >= 11 is 6.97. The molecule has 3 aromatic rings. The summed E-state index contributed by atoms with van der Waals surface area (Å²) < 4.78 is 12.2. The fourth-order valence-electron chi connectivity index (χ4n) is 5.98. The molecule has 0 aliphatic carbocycles. The Balaban J connectivity index is 1.40. The number of carbonyl (C=O) groups excluding carboxylic acids is 2. The van der Waals surface area contributed by atoms with Gasteiger partial charge in [-0.25, -0.2) is 4.79 Å². The Bertz CT molecular complexity index is 1590. The van der Waals surface area contributed by atoms with Crippen molar-refractivity contribution in [1.29, 1.82) is 0 Å². The molecule has 226 valence electrons. The van der Waals surface area contributed by atoms with Crippen LogP contribution in [0.4, 0.5) is 10.5 Å². The van der Waals surface area contributed by atoms with Crippen LogP contribution in [0.2, 0.25) is 5.02 Å². The highest BCUT2D eigenvalue weighted by atomic mass is 35.5. The number of carbonyl (C=O) groups is 3. The molecule has 0 aromatic heterocycles. The van der Waals surface area contributed by atoms with Crippen LogP contribution in [0.3, 0.4) is 0 Å². The zero-order valence-electron chi connectivity index (χ0n) is 24.6. The maximum Gasteiger partial charge on any atom is 0.407 e. The van der Waals surface area contributed by atoms with Gasteiger partial charge in [0.2, 0.25) is 0 Å². The quantitative estimate of drug-likeness (QED) is 0.275. The van der Waals surface area contributed by atoms with Gasteiger partial charge in [-0.05, 0) is 87.3 Å². The van der Waals surface area contributed by atoms with E-state index in [1.54, 1.807) is 11.0 Å². The molecule has 9 nitrogen and oxygen atoms in total. The molecular weight excluding hydrogens is 570 g/mol. The molecule has 3 aromatic carbocycles. The van der Waals surface area contributed by atoms with Crippen LogP contribution < -0.4 is 14.4 Å². The van der Waals surface area contributed by atoms with Gasteiger partial charge >= 0.3 is 12.1 Å². The Morgan fingerprint density at radius 2 is 1.74 bits per heavy atom. The largest absolute Gasteiger partial charge is 0.477 e. The first-order chi connectivity index (χ1) is 20.5. The predicted octanol–water partition coefficient (Wildman–Crippen LogP) is 5.91. The number of fused-ring (bicyclic) bond motifs is 2. The minimum atomic E-state index is -0.952. The van der Waals surface area contributed by atoms with E-state index in [0.717, 1.165) is 42.3 Å². The van der Waals surface area contributed by atoms with Crippen LogP contribution in [0.15, 0.2) is 48.5 Å². The fraction of sp³-hybridized carbons (Fsp3) is 0.424. The van der Waals surface area contributed by atoms with Gasteiger partial charge in [0, 0.05) is 37.7 Å². The molecule has 6 rings (SSSR count). The molecule has 1 atom stereocenters. The van der Waals surface area contributed by atoms with Crippen molar-refractivity contribution in [3.8, 4) is 22.6 Å². The molecule has 3 heterocycles. The first-order valence-corrected chi connectivity index (χ1v) is 15.1. The molecule has 43 heavy (non-hydrogen) atoms. The molecule has 10 heteroatoms. The Morgan fingerprint density at radius 3 is 2.44 bits per heavy atom. The lowest BCUT2D eigenvalue weighted by atomic mass is 9.95. The summed E-state index contributed by atoms with van der Waals surface area (Å²) in [7, 11) is 0. The summed E-state index contributed by atoms with van der Waals surface area (Å²) in [5.74, 6) is 0.498.